The standard InChI is InChI=1S/4C4H2F7NO.2Rh/c4*5-2(6,1(12)13)3(7,8)4(9,10)11;;/h4*(H2,12,13);;/q;;;;2*+2/p-4. The summed E-state index contributed by atoms with van der Waals surface area (Å²) in [5.74, 6) is -63.4. The van der Waals surface area contributed by atoms with Crippen LogP contribution in [-0.2, 0) is 58.1 Å². The molecular formula is C16H4F28N4O4Rh2. The zero-order valence-electron chi connectivity index (χ0n) is 22.9. The molecule has 2 radical (unpaired) electrons. The molecule has 0 saturated carbocycles. The Hall–Kier alpha value is -2.83. The molecule has 0 bridgehead atoms. The fraction of sp³-hybridized carbons (Fsp3) is 0.750. The van der Waals surface area contributed by atoms with E-state index in [0.717, 1.165) is 0 Å². The summed E-state index contributed by atoms with van der Waals surface area (Å²) in [4.78, 5) is 38.0. The van der Waals surface area contributed by atoms with Gasteiger partial charge in [-0.1, -0.05) is 0 Å². The minimum absolute atomic E-state index is 0. The molecule has 0 aliphatic carbocycles. The first-order valence-corrected chi connectivity index (χ1v) is 10.1. The number of hydrogen-bond acceptors (Lipinski definition) is 4. The molecule has 54 heavy (non-hydrogen) atoms. The van der Waals surface area contributed by atoms with Crippen LogP contribution in [0, 0.1) is 0 Å². The van der Waals surface area contributed by atoms with Crippen molar-refractivity contribution in [3.05, 3.63) is 22.9 Å². The molecule has 0 spiro atoms. The Morgan fingerprint density at radius 1 is 0.241 bits per heavy atom. The number of nitrogens with one attached hydrogen (secondary N) is 4. The first kappa shape index (κ1) is 63.1. The molecule has 4 amide bonds. The predicted molar refractivity (Wildman–Crippen MR) is 101 cm³/mol. The normalized spacial score (nSPS) is 13.9. The Labute approximate surface area is 300 Å². The molecule has 326 valence electrons. The van der Waals surface area contributed by atoms with Crippen molar-refractivity contribution < 1.29 is 181 Å². The van der Waals surface area contributed by atoms with Gasteiger partial charge < -0.3 is 42.1 Å². The van der Waals surface area contributed by atoms with Crippen molar-refractivity contribution >= 4 is 23.6 Å². The quantitative estimate of drug-likeness (QED) is 0.175. The van der Waals surface area contributed by atoms with Crippen molar-refractivity contribution in [2.24, 2.45) is 0 Å². The molecule has 0 aliphatic heterocycles. The Kier molecular flexibility index (Phi) is 21.5. The van der Waals surface area contributed by atoms with Crippen LogP contribution in [0.1, 0.15) is 0 Å². The van der Waals surface area contributed by atoms with Crippen LogP contribution < -0.4 is 0 Å². The largest absolute Gasteiger partial charge is 2.00 e. The van der Waals surface area contributed by atoms with E-state index in [0.29, 0.717) is 0 Å². The summed E-state index contributed by atoms with van der Waals surface area (Å²) in [5, 5.41) is 0. The molecule has 0 unspecified atom stereocenters. The van der Waals surface area contributed by atoms with Crippen LogP contribution in [0.4, 0.5) is 123 Å². The van der Waals surface area contributed by atoms with Crippen LogP contribution in [0.5, 0.6) is 0 Å². The number of rotatable bonds is 8. The molecule has 0 aliphatic rings. The zero-order valence-corrected chi connectivity index (χ0v) is 26.2. The minimum atomic E-state index is -6.56. The third-order valence-corrected chi connectivity index (χ3v) is 4.14. The average molecular weight is 1050 g/mol. The Balaban J connectivity index is -0.000000140. The van der Waals surface area contributed by atoms with Gasteiger partial charge in [0.15, 0.2) is 0 Å². The van der Waals surface area contributed by atoms with E-state index in [1.807, 2.05) is 0 Å². The topological polar surface area (TPSA) is 163 Å². The van der Waals surface area contributed by atoms with Crippen molar-refractivity contribution in [1.82, 2.24) is 0 Å². The summed E-state index contributed by atoms with van der Waals surface area (Å²) in [6.07, 6.45) is -26.2. The van der Waals surface area contributed by atoms with Gasteiger partial charge in [-0.3, -0.25) is 0 Å². The minimum Gasteiger partial charge on any atom is -0.662 e. The van der Waals surface area contributed by atoms with Crippen LogP contribution in [0.3, 0.4) is 0 Å². The fourth-order valence-electron chi connectivity index (χ4n) is 1.28. The van der Waals surface area contributed by atoms with E-state index >= 15 is 0 Å². The summed E-state index contributed by atoms with van der Waals surface area (Å²) in [6.45, 7) is 0. The predicted octanol–water partition coefficient (Wildman–Crippen LogP) is 9.59. The van der Waals surface area contributed by atoms with Gasteiger partial charge in [0.1, 0.15) is 23.6 Å². The number of hydrogen-bond donors (Lipinski definition) is 0. The van der Waals surface area contributed by atoms with E-state index in [9.17, 15) is 142 Å². The second kappa shape index (κ2) is 18.4. The monoisotopic (exact) mass is 1050 g/mol. The maximum atomic E-state index is 11.8. The van der Waals surface area contributed by atoms with Crippen molar-refractivity contribution in [2.75, 3.05) is 0 Å². The second-order valence-corrected chi connectivity index (χ2v) is 7.90. The van der Waals surface area contributed by atoms with E-state index in [4.69, 9.17) is 22.9 Å². The number of halogens is 28. The smallest absolute Gasteiger partial charge is 0.662 e. The molecular weight excluding hydrogens is 1050 g/mol. The number of carbonyl (C=O) groups excluding carboxylic acids is 4. The first-order chi connectivity index (χ1) is 21.8. The van der Waals surface area contributed by atoms with E-state index in [2.05, 4.69) is 0 Å². The molecule has 8 nitrogen and oxygen atoms in total. The van der Waals surface area contributed by atoms with Gasteiger partial charge >= 0.3 is 111 Å². The molecule has 0 heterocycles. The van der Waals surface area contributed by atoms with E-state index in [1.165, 1.54) is 0 Å². The van der Waals surface area contributed by atoms with Crippen molar-refractivity contribution in [1.29, 1.82) is 0 Å². The number of amides is 4. The molecule has 0 fully saturated rings. The maximum absolute atomic E-state index is 11.8. The second-order valence-electron chi connectivity index (χ2n) is 7.90. The summed E-state index contributed by atoms with van der Waals surface area (Å²) in [5.41, 5.74) is 22.2. The summed E-state index contributed by atoms with van der Waals surface area (Å²) in [7, 11) is 0. The number of alkyl halides is 28. The van der Waals surface area contributed by atoms with E-state index in [-0.39, 0.29) is 39.0 Å². The SMILES string of the molecule is [NH-]C(=O)C(F)(F)C(F)(F)C(F)(F)F.[NH-]C(=O)C(F)(F)C(F)(F)C(F)(F)F.[NH-]C(=O)C(F)(F)C(F)(F)C(F)(F)F.[NH-]C(=O)C(F)(F)C(F)(F)C(F)(F)F.[Rh+2].[Rh+2]. The van der Waals surface area contributed by atoms with Gasteiger partial charge in [0.2, 0.25) is 0 Å². The fourth-order valence-corrected chi connectivity index (χ4v) is 1.28. The van der Waals surface area contributed by atoms with Crippen LogP contribution in [0.15, 0.2) is 0 Å². The van der Waals surface area contributed by atoms with E-state index in [1.54, 1.807) is 0 Å². The molecule has 0 aromatic heterocycles. The molecule has 38 heteroatoms. The Morgan fingerprint density at radius 2 is 0.315 bits per heavy atom. The van der Waals surface area contributed by atoms with Crippen LogP contribution in [0.2, 0.25) is 0 Å². The van der Waals surface area contributed by atoms with E-state index < -0.39 is 95.7 Å². The molecule has 0 atom stereocenters. The summed E-state index contributed by atoms with van der Waals surface area (Å²) in [6, 6.07) is 0. The van der Waals surface area contributed by atoms with Gasteiger partial charge in [0, 0.05) is 0 Å². The van der Waals surface area contributed by atoms with Gasteiger partial charge in [-0.2, -0.15) is 123 Å². The first-order valence-electron chi connectivity index (χ1n) is 10.1. The molecule has 4 N–H and O–H groups in total. The number of carbonyl (C=O) groups is 4. The molecule has 0 rings (SSSR count). The van der Waals surface area contributed by atoms with Gasteiger partial charge in [-0.15, -0.1) is 0 Å². The Bertz CT molecular complexity index is 1080. The molecule has 0 aromatic carbocycles. The third kappa shape index (κ3) is 13.1. The third-order valence-electron chi connectivity index (χ3n) is 4.14. The van der Waals surface area contributed by atoms with Crippen molar-refractivity contribution in [3.8, 4) is 0 Å². The molecule has 0 saturated heterocycles. The van der Waals surface area contributed by atoms with Crippen LogP contribution in [-0.4, -0.2) is 95.7 Å². The van der Waals surface area contributed by atoms with Gasteiger partial charge in [0.05, 0.1) is 0 Å². The van der Waals surface area contributed by atoms with Gasteiger partial charge in [-0.25, -0.2) is 0 Å². The average Bonchev–Trinajstić information content (AvgIpc) is 2.86. The van der Waals surface area contributed by atoms with Crippen LogP contribution in [0.25, 0.3) is 22.9 Å². The molecule has 0 aromatic rings. The van der Waals surface area contributed by atoms with Crippen molar-refractivity contribution in [2.45, 2.75) is 72.1 Å². The van der Waals surface area contributed by atoms with Gasteiger partial charge in [-0.05, 0) is 0 Å². The summed E-state index contributed by atoms with van der Waals surface area (Å²) >= 11 is 0. The summed E-state index contributed by atoms with van der Waals surface area (Å²) < 4.78 is 323. The van der Waals surface area contributed by atoms with Gasteiger partial charge in [0.25, 0.3) is 0 Å². The van der Waals surface area contributed by atoms with Crippen molar-refractivity contribution in [3.63, 3.8) is 0 Å². The van der Waals surface area contributed by atoms with Crippen LogP contribution >= 0.6 is 0 Å². The Morgan fingerprint density at radius 3 is 0.333 bits per heavy atom. The maximum Gasteiger partial charge on any atom is 2.00 e. The zero-order chi connectivity index (χ0) is 44.3.